The van der Waals surface area contributed by atoms with E-state index in [0.717, 1.165) is 49.9 Å². The highest BCUT2D eigenvalue weighted by atomic mass is 28.4. The lowest BCUT2D eigenvalue weighted by atomic mass is 10.2. The first kappa shape index (κ1) is 41.5. The second-order valence-electron chi connectivity index (χ2n) is 17.0. The van der Waals surface area contributed by atoms with Gasteiger partial charge in [0.1, 0.15) is 33.3 Å². The van der Waals surface area contributed by atoms with Gasteiger partial charge in [-0.2, -0.15) is 0 Å². The highest BCUT2D eigenvalue weighted by Crippen LogP contribution is 2.37. The maximum absolute atomic E-state index is 10.7. The van der Waals surface area contributed by atoms with Gasteiger partial charge in [-0.25, -0.2) is 0 Å². The van der Waals surface area contributed by atoms with E-state index in [9.17, 15) is 10.2 Å². The largest absolute Gasteiger partial charge is 0.506 e. The summed E-state index contributed by atoms with van der Waals surface area (Å²) >= 11 is 0. The second kappa shape index (κ2) is 17.0. The first-order valence-corrected chi connectivity index (χ1v) is 36.1. The Bertz CT molecular complexity index is 1010. The number of aliphatic imine (C=N–C) groups is 1. The fourth-order valence-corrected chi connectivity index (χ4v) is 19.2. The molecule has 0 aromatic heterocycles. The molecule has 0 fully saturated rings. The van der Waals surface area contributed by atoms with Crippen molar-refractivity contribution in [3.05, 3.63) is 12.1 Å². The zero-order valence-corrected chi connectivity index (χ0v) is 36.6. The van der Waals surface area contributed by atoms with E-state index in [1.165, 1.54) is 6.07 Å². The zero-order chi connectivity index (χ0) is 34.0. The van der Waals surface area contributed by atoms with Gasteiger partial charge in [0.25, 0.3) is 0 Å². The third-order valence-electron chi connectivity index (χ3n) is 6.89. The molecule has 8 nitrogen and oxygen atoms in total. The number of phenols is 2. The average Bonchev–Trinajstić information content (AvgIpc) is 2.85. The molecule has 1 aromatic carbocycles. The Morgan fingerprint density at radius 1 is 0.614 bits per heavy atom. The van der Waals surface area contributed by atoms with Gasteiger partial charge in [0.05, 0.1) is 5.69 Å². The third kappa shape index (κ3) is 19.2. The summed E-state index contributed by atoms with van der Waals surface area (Å²) in [5.41, 5.74) is 0.897. The molecule has 3 N–H and O–H groups in total. The first-order valence-electron chi connectivity index (χ1n) is 16.2. The molecule has 0 saturated heterocycles. The minimum atomic E-state index is -1.80. The van der Waals surface area contributed by atoms with Gasteiger partial charge in [-0.05, 0) is 97.4 Å². The predicted molar refractivity (Wildman–Crippen MR) is 206 cm³/mol. The van der Waals surface area contributed by atoms with Crippen LogP contribution in [0, 0.1) is 0 Å². The second-order valence-corrected chi connectivity index (χ2v) is 44.4. The lowest BCUT2D eigenvalue weighted by Crippen LogP contribution is -2.48. The van der Waals surface area contributed by atoms with Gasteiger partial charge in [0.15, 0.2) is 33.3 Å². The SMILES string of the molecule is C[Si](CCC=Nc1cc(O)c(NCCC[Si](C)(CO[Si](C)(C)C)CO[Si](C)(C)C)cc1O)(CO[Si](C)(C)C)CO[Si](C)(C)C. The van der Waals surface area contributed by atoms with Gasteiger partial charge in [0.2, 0.25) is 0 Å². The van der Waals surface area contributed by atoms with Crippen molar-refractivity contribution in [2.45, 2.75) is 117 Å². The Morgan fingerprint density at radius 2 is 1.02 bits per heavy atom. The van der Waals surface area contributed by atoms with Gasteiger partial charge < -0.3 is 33.2 Å². The number of nitrogens with one attached hydrogen (secondary N) is 1. The number of nitrogens with zero attached hydrogens (tertiary/aromatic N) is 1. The van der Waals surface area contributed by atoms with Crippen LogP contribution >= 0.6 is 0 Å². The number of benzene rings is 1. The van der Waals surface area contributed by atoms with Crippen LogP contribution < -0.4 is 5.32 Å². The average molecular weight is 719 g/mol. The Morgan fingerprint density at radius 3 is 1.43 bits per heavy atom. The van der Waals surface area contributed by atoms with Gasteiger partial charge in [-0.1, -0.05) is 19.1 Å². The maximum atomic E-state index is 10.7. The first-order chi connectivity index (χ1) is 19.8. The number of rotatable bonds is 21. The van der Waals surface area contributed by atoms with Crippen LogP contribution in [0.2, 0.25) is 104 Å². The molecule has 0 unspecified atom stereocenters. The van der Waals surface area contributed by atoms with Crippen molar-refractivity contribution >= 4 is 67.0 Å². The van der Waals surface area contributed by atoms with Crippen molar-refractivity contribution < 1.29 is 27.9 Å². The van der Waals surface area contributed by atoms with Crippen molar-refractivity contribution in [3.63, 3.8) is 0 Å². The fourth-order valence-electron chi connectivity index (χ4n) is 4.06. The summed E-state index contributed by atoms with van der Waals surface area (Å²) in [4.78, 5) is 4.52. The van der Waals surface area contributed by atoms with Crippen LogP contribution in [-0.4, -0.2) is 97.3 Å². The van der Waals surface area contributed by atoms with Crippen LogP contribution in [-0.2, 0) is 17.7 Å². The minimum absolute atomic E-state index is 0.0528. The molecule has 0 aliphatic rings. The Kier molecular flexibility index (Phi) is 16.0. The molecule has 44 heavy (non-hydrogen) atoms. The van der Waals surface area contributed by atoms with E-state index in [2.05, 4.69) is 102 Å². The lowest BCUT2D eigenvalue weighted by molar-refractivity contribution is 0.336. The van der Waals surface area contributed by atoms with Crippen LogP contribution in [0.3, 0.4) is 0 Å². The number of hydrogen-bond acceptors (Lipinski definition) is 8. The summed E-state index contributed by atoms with van der Waals surface area (Å²) in [6.45, 7) is 32.2. The standard InChI is InChI=1S/C30H66N2O6Si6/c1-39(2,3)35-23-43(13,24-36-40(4,5)6)19-15-17-31-27-21-30(34)28(22-29(27)33)32-18-16-20-44(14,25-37-41(7,8)9)26-38-42(10,11)12/h17,21-22,32-34H,15-16,18-20,23-26H2,1-14H3. The normalized spacial score (nSPS) is 14.0. The van der Waals surface area contributed by atoms with Crippen LogP contribution in [0.15, 0.2) is 17.1 Å². The molecule has 0 spiro atoms. The molecule has 14 heteroatoms. The van der Waals surface area contributed by atoms with Gasteiger partial charge >= 0.3 is 0 Å². The van der Waals surface area contributed by atoms with Crippen LogP contribution in [0.25, 0.3) is 0 Å². The molecular weight excluding hydrogens is 653 g/mol. The van der Waals surface area contributed by atoms with Crippen molar-refractivity contribution in [1.29, 1.82) is 0 Å². The van der Waals surface area contributed by atoms with Crippen LogP contribution in [0.5, 0.6) is 11.5 Å². The van der Waals surface area contributed by atoms with Crippen LogP contribution in [0.1, 0.15) is 12.8 Å². The number of anilines is 1. The van der Waals surface area contributed by atoms with E-state index in [-0.39, 0.29) is 11.5 Å². The molecule has 1 rings (SSSR count). The van der Waals surface area contributed by atoms with Crippen LogP contribution in [0.4, 0.5) is 11.4 Å². The molecule has 0 saturated carbocycles. The Labute approximate surface area is 275 Å². The topological polar surface area (TPSA) is 102 Å². The van der Waals surface area contributed by atoms with E-state index in [0.29, 0.717) is 17.9 Å². The smallest absolute Gasteiger partial charge is 0.183 e. The number of phenolic OH excluding ortho intramolecular Hbond substituents is 2. The molecule has 1 aromatic rings. The van der Waals surface area contributed by atoms with E-state index in [1.54, 1.807) is 6.07 Å². The molecule has 0 aliphatic carbocycles. The minimum Gasteiger partial charge on any atom is -0.506 e. The van der Waals surface area contributed by atoms with Gasteiger partial charge in [-0.15, -0.1) is 0 Å². The molecular formula is C30H66N2O6Si6. The monoisotopic (exact) mass is 718 g/mol. The van der Waals surface area contributed by atoms with Crippen molar-refractivity contribution in [3.8, 4) is 11.5 Å². The fraction of sp³-hybridized carbons (Fsp3) is 0.767. The molecule has 0 bridgehead atoms. The molecule has 0 aliphatic heterocycles. The molecule has 256 valence electrons. The molecule has 0 amide bonds. The summed E-state index contributed by atoms with van der Waals surface area (Å²) < 4.78 is 25.4. The van der Waals surface area contributed by atoms with E-state index in [4.69, 9.17) is 17.7 Å². The summed E-state index contributed by atoms with van der Waals surface area (Å²) in [6.07, 6.45) is 6.81. The quantitative estimate of drug-likeness (QED) is 0.0384. The maximum Gasteiger partial charge on any atom is 0.183 e. The lowest BCUT2D eigenvalue weighted by Gasteiger charge is -2.33. The van der Waals surface area contributed by atoms with E-state index < -0.39 is 49.4 Å². The molecule has 0 atom stereocenters. The van der Waals surface area contributed by atoms with Crippen molar-refractivity contribution in [1.82, 2.24) is 0 Å². The summed E-state index contributed by atoms with van der Waals surface area (Å²) in [7, 11) is -10.0. The van der Waals surface area contributed by atoms with Crippen molar-refractivity contribution in [2.75, 3.05) is 36.8 Å². The van der Waals surface area contributed by atoms with Gasteiger partial charge in [0, 0.05) is 49.8 Å². The molecule has 0 radical (unpaired) electrons. The third-order valence-corrected chi connectivity index (χ3v) is 18.5. The highest BCUT2D eigenvalue weighted by molar-refractivity contribution is 6.82. The zero-order valence-electron chi connectivity index (χ0n) is 30.6. The van der Waals surface area contributed by atoms with E-state index >= 15 is 0 Å². The highest BCUT2D eigenvalue weighted by Gasteiger charge is 2.33. The van der Waals surface area contributed by atoms with Crippen molar-refractivity contribution in [2.24, 2.45) is 4.99 Å². The van der Waals surface area contributed by atoms with E-state index in [1.807, 2.05) is 6.21 Å². The Hall–Kier alpha value is -0.569. The number of hydrogen-bond donors (Lipinski definition) is 3. The molecule has 0 heterocycles. The Balaban J connectivity index is 2.80. The number of aromatic hydroxyl groups is 2. The summed E-state index contributed by atoms with van der Waals surface area (Å²) in [5, 5.41) is 24.7. The summed E-state index contributed by atoms with van der Waals surface area (Å²) in [6, 6.07) is 5.17. The van der Waals surface area contributed by atoms with Gasteiger partial charge in [-0.3, -0.25) is 4.99 Å². The summed E-state index contributed by atoms with van der Waals surface area (Å²) in [5.74, 6) is 0.141. The predicted octanol–water partition coefficient (Wildman–Crippen LogP) is 8.71.